The number of ether oxygens (including phenoxy) is 2. The fraction of sp³-hybridized carbons (Fsp3) is 0.500. The number of hydrogen-bond acceptors (Lipinski definition) is 3. The van der Waals surface area contributed by atoms with Gasteiger partial charge in [-0.1, -0.05) is 25.8 Å². The highest BCUT2D eigenvalue weighted by Gasteiger charge is 2.06. The number of nitrogen functional groups attached to an aromatic ring is 1. The number of benzene rings is 1. The summed E-state index contributed by atoms with van der Waals surface area (Å²) in [5, 5.41) is 7.43. The first-order valence-electron chi connectivity index (χ1n) is 6.28. The van der Waals surface area contributed by atoms with E-state index < -0.39 is 0 Å². The molecule has 1 aromatic rings. The van der Waals surface area contributed by atoms with Crippen molar-refractivity contribution in [2.75, 3.05) is 13.7 Å². The number of nitrogens with two attached hydrogens (primary N) is 1. The van der Waals surface area contributed by atoms with Crippen LogP contribution in [-0.2, 0) is 11.3 Å². The summed E-state index contributed by atoms with van der Waals surface area (Å²) in [7, 11) is 1.58. The summed E-state index contributed by atoms with van der Waals surface area (Å²) >= 11 is 0. The smallest absolute Gasteiger partial charge is 0.130 e. The van der Waals surface area contributed by atoms with Gasteiger partial charge in [0.1, 0.15) is 11.6 Å². The molecule has 0 bridgehead atoms. The monoisotopic (exact) mass is 250 g/mol. The Morgan fingerprint density at radius 2 is 2.11 bits per heavy atom. The summed E-state index contributed by atoms with van der Waals surface area (Å²) < 4.78 is 10.8. The normalized spacial score (nSPS) is 10.3. The van der Waals surface area contributed by atoms with Gasteiger partial charge in [-0.3, -0.25) is 5.41 Å². The van der Waals surface area contributed by atoms with Crippen LogP contribution in [0.25, 0.3) is 0 Å². The number of amidine groups is 1. The lowest BCUT2D eigenvalue weighted by Gasteiger charge is -2.10. The second kappa shape index (κ2) is 7.71. The molecule has 0 spiro atoms. The lowest BCUT2D eigenvalue weighted by atomic mass is 10.1. The molecule has 0 fully saturated rings. The van der Waals surface area contributed by atoms with E-state index in [1.165, 1.54) is 12.8 Å². The highest BCUT2D eigenvalue weighted by Crippen LogP contribution is 2.20. The van der Waals surface area contributed by atoms with E-state index in [0.717, 1.165) is 18.6 Å². The molecular formula is C14H22N2O2. The lowest BCUT2D eigenvalue weighted by Crippen LogP contribution is -2.12. The van der Waals surface area contributed by atoms with Crippen LogP contribution in [0.3, 0.4) is 0 Å². The Bertz CT molecular complexity index is 391. The molecule has 18 heavy (non-hydrogen) atoms. The first-order chi connectivity index (χ1) is 8.69. The topological polar surface area (TPSA) is 68.3 Å². The van der Waals surface area contributed by atoms with Crippen molar-refractivity contribution in [1.29, 1.82) is 5.41 Å². The molecule has 4 nitrogen and oxygen atoms in total. The van der Waals surface area contributed by atoms with Crippen molar-refractivity contribution in [2.45, 2.75) is 32.8 Å². The number of hydrogen-bond donors (Lipinski definition) is 2. The molecule has 1 aromatic carbocycles. The third kappa shape index (κ3) is 4.37. The highest BCUT2D eigenvalue weighted by atomic mass is 16.5. The van der Waals surface area contributed by atoms with Crippen molar-refractivity contribution in [3.63, 3.8) is 0 Å². The number of rotatable bonds is 8. The average Bonchev–Trinajstić information content (AvgIpc) is 2.38. The minimum absolute atomic E-state index is 0.0160. The zero-order valence-corrected chi connectivity index (χ0v) is 11.2. The third-order valence-electron chi connectivity index (χ3n) is 2.72. The number of unbranched alkanes of at least 4 members (excludes halogenated alkanes) is 2. The molecule has 1 rings (SSSR count). The second-order valence-corrected chi connectivity index (χ2v) is 4.21. The standard InChI is InChI=1S/C14H22N2O2/c1-3-4-5-8-18-10-11-6-7-12(14(15)16)13(9-11)17-2/h6-7,9H,3-5,8,10H2,1-2H3,(H3,15,16). The molecule has 0 saturated carbocycles. The molecule has 0 atom stereocenters. The summed E-state index contributed by atoms with van der Waals surface area (Å²) in [4.78, 5) is 0. The van der Waals surface area contributed by atoms with E-state index in [2.05, 4.69) is 6.92 Å². The molecule has 0 heterocycles. The van der Waals surface area contributed by atoms with Crippen LogP contribution >= 0.6 is 0 Å². The summed E-state index contributed by atoms with van der Waals surface area (Å²) in [5.74, 6) is 0.638. The van der Waals surface area contributed by atoms with E-state index in [4.69, 9.17) is 20.6 Å². The van der Waals surface area contributed by atoms with E-state index in [-0.39, 0.29) is 5.84 Å². The average molecular weight is 250 g/mol. The van der Waals surface area contributed by atoms with Gasteiger partial charge in [-0.2, -0.15) is 0 Å². The van der Waals surface area contributed by atoms with Crippen LogP contribution in [0.15, 0.2) is 18.2 Å². The summed E-state index contributed by atoms with van der Waals surface area (Å²) in [6, 6.07) is 5.58. The van der Waals surface area contributed by atoms with Crippen molar-refractivity contribution < 1.29 is 9.47 Å². The molecule has 0 aliphatic carbocycles. The van der Waals surface area contributed by atoms with Gasteiger partial charge in [0, 0.05) is 6.61 Å². The lowest BCUT2D eigenvalue weighted by molar-refractivity contribution is 0.117. The van der Waals surface area contributed by atoms with Crippen molar-refractivity contribution in [1.82, 2.24) is 0 Å². The van der Waals surface area contributed by atoms with Gasteiger partial charge in [-0.05, 0) is 24.1 Å². The Kier molecular flexibility index (Phi) is 6.22. The summed E-state index contributed by atoms with van der Waals surface area (Å²) in [6.45, 7) is 3.52. The first kappa shape index (κ1) is 14.5. The maximum atomic E-state index is 7.43. The molecule has 4 heteroatoms. The van der Waals surface area contributed by atoms with Crippen molar-refractivity contribution >= 4 is 5.84 Å². The maximum absolute atomic E-state index is 7.43. The largest absolute Gasteiger partial charge is 0.496 e. The van der Waals surface area contributed by atoms with Crippen molar-refractivity contribution in [2.24, 2.45) is 5.73 Å². The van der Waals surface area contributed by atoms with Gasteiger partial charge in [0.15, 0.2) is 0 Å². The van der Waals surface area contributed by atoms with Crippen LogP contribution in [-0.4, -0.2) is 19.6 Å². The van der Waals surface area contributed by atoms with Crippen LogP contribution in [0.2, 0.25) is 0 Å². The maximum Gasteiger partial charge on any atom is 0.130 e. The van der Waals surface area contributed by atoms with Crippen LogP contribution in [0.1, 0.15) is 37.3 Å². The molecule has 0 saturated heterocycles. The minimum Gasteiger partial charge on any atom is -0.496 e. The van der Waals surface area contributed by atoms with Crippen LogP contribution in [0.5, 0.6) is 5.75 Å². The molecular weight excluding hydrogens is 228 g/mol. The zero-order chi connectivity index (χ0) is 13.4. The molecule has 0 aliphatic heterocycles. The van der Waals surface area contributed by atoms with Gasteiger partial charge in [-0.15, -0.1) is 0 Å². The van der Waals surface area contributed by atoms with Gasteiger partial charge in [-0.25, -0.2) is 0 Å². The van der Waals surface area contributed by atoms with E-state index in [9.17, 15) is 0 Å². The summed E-state index contributed by atoms with van der Waals surface area (Å²) in [5.41, 5.74) is 7.12. The second-order valence-electron chi connectivity index (χ2n) is 4.21. The predicted molar refractivity (Wildman–Crippen MR) is 73.2 cm³/mol. The predicted octanol–water partition coefficient (Wildman–Crippen LogP) is 2.69. The van der Waals surface area contributed by atoms with Crippen LogP contribution in [0, 0.1) is 5.41 Å². The highest BCUT2D eigenvalue weighted by molar-refractivity contribution is 5.97. The molecule has 0 aliphatic rings. The van der Waals surface area contributed by atoms with Gasteiger partial charge < -0.3 is 15.2 Å². The minimum atomic E-state index is 0.0160. The van der Waals surface area contributed by atoms with E-state index in [1.54, 1.807) is 13.2 Å². The molecule has 0 aromatic heterocycles. The van der Waals surface area contributed by atoms with Crippen LogP contribution < -0.4 is 10.5 Å². The number of methoxy groups -OCH3 is 1. The quantitative estimate of drug-likeness (QED) is 0.423. The Labute approximate surface area is 109 Å². The fourth-order valence-electron chi connectivity index (χ4n) is 1.69. The number of nitrogens with one attached hydrogen (secondary N) is 1. The van der Waals surface area contributed by atoms with Crippen molar-refractivity contribution in [3.8, 4) is 5.75 Å². The Balaban J connectivity index is 2.54. The molecule has 100 valence electrons. The van der Waals surface area contributed by atoms with E-state index >= 15 is 0 Å². The first-order valence-corrected chi connectivity index (χ1v) is 6.28. The van der Waals surface area contributed by atoms with Gasteiger partial charge in [0.25, 0.3) is 0 Å². The molecule has 0 unspecified atom stereocenters. The third-order valence-corrected chi connectivity index (χ3v) is 2.72. The van der Waals surface area contributed by atoms with Gasteiger partial charge in [0.05, 0.1) is 19.3 Å². The van der Waals surface area contributed by atoms with E-state index in [0.29, 0.717) is 17.9 Å². The van der Waals surface area contributed by atoms with E-state index in [1.807, 2.05) is 12.1 Å². The molecule has 0 radical (unpaired) electrons. The zero-order valence-electron chi connectivity index (χ0n) is 11.2. The molecule has 3 N–H and O–H groups in total. The Morgan fingerprint density at radius 3 is 2.72 bits per heavy atom. The van der Waals surface area contributed by atoms with Crippen molar-refractivity contribution in [3.05, 3.63) is 29.3 Å². The van der Waals surface area contributed by atoms with Crippen LogP contribution in [0.4, 0.5) is 0 Å². The van der Waals surface area contributed by atoms with Gasteiger partial charge >= 0.3 is 0 Å². The Morgan fingerprint density at radius 1 is 1.33 bits per heavy atom. The van der Waals surface area contributed by atoms with Gasteiger partial charge in [0.2, 0.25) is 0 Å². The fourth-order valence-corrected chi connectivity index (χ4v) is 1.69. The Hall–Kier alpha value is -1.55. The summed E-state index contributed by atoms with van der Waals surface area (Å²) in [6.07, 6.45) is 3.50. The SMILES string of the molecule is CCCCCOCc1ccc(C(=N)N)c(OC)c1. The molecule has 0 amide bonds.